The molecule has 4 atom stereocenters. The Balaban J connectivity index is 0.714. The van der Waals surface area contributed by atoms with E-state index in [9.17, 15) is 34.2 Å². The summed E-state index contributed by atoms with van der Waals surface area (Å²) >= 11 is 1.58. The van der Waals surface area contributed by atoms with Crippen molar-refractivity contribution in [2.75, 3.05) is 52.4 Å². The summed E-state index contributed by atoms with van der Waals surface area (Å²) in [6.45, 7) is 13.3. The van der Waals surface area contributed by atoms with Gasteiger partial charge in [-0.2, -0.15) is 0 Å². The summed E-state index contributed by atoms with van der Waals surface area (Å²) in [6, 6.07) is 16.3. The summed E-state index contributed by atoms with van der Waals surface area (Å²) in [5.41, 5.74) is 7.84. The van der Waals surface area contributed by atoms with Crippen molar-refractivity contribution in [3.8, 4) is 10.4 Å². The van der Waals surface area contributed by atoms with Crippen molar-refractivity contribution < 1.29 is 34.2 Å². The second-order valence-corrected chi connectivity index (χ2v) is 21.8. The summed E-state index contributed by atoms with van der Waals surface area (Å²) in [6.07, 6.45) is 6.35. The number of carbonyl (C=O) groups is 5. The van der Waals surface area contributed by atoms with Gasteiger partial charge in [-0.05, 0) is 72.3 Å². The van der Waals surface area contributed by atoms with Crippen LogP contribution in [-0.2, 0) is 45.1 Å². The zero-order valence-electron chi connectivity index (χ0n) is 42.4. The number of hydrogen-bond acceptors (Lipinski definition) is 13. The highest BCUT2D eigenvalue weighted by Crippen LogP contribution is 2.29. The van der Waals surface area contributed by atoms with Crippen molar-refractivity contribution in [3.05, 3.63) is 100 Å². The molecule has 17 nitrogen and oxygen atoms in total. The zero-order chi connectivity index (χ0) is 51.2. The number of rotatable bonds is 24. The quantitative estimate of drug-likeness (QED) is 0.0545. The minimum atomic E-state index is -0.878. The number of nitrogens with zero attached hydrogens (tertiary/aromatic N) is 6. The molecule has 5 amide bonds. The third-order valence-corrected chi connectivity index (χ3v) is 14.9. The van der Waals surface area contributed by atoms with Crippen molar-refractivity contribution in [2.45, 2.75) is 129 Å². The highest BCUT2D eigenvalue weighted by Gasteiger charge is 2.44. The van der Waals surface area contributed by atoms with E-state index in [0.717, 1.165) is 98.6 Å². The van der Waals surface area contributed by atoms with Gasteiger partial charge >= 0.3 is 0 Å². The van der Waals surface area contributed by atoms with E-state index in [4.69, 9.17) is 0 Å². The molecule has 2 fully saturated rings. The Bertz CT molecular complexity index is 2460. The van der Waals surface area contributed by atoms with Crippen LogP contribution in [0.5, 0.6) is 0 Å². The topological polar surface area (TPSA) is 222 Å². The third-order valence-electron chi connectivity index (χ3n) is 13.9. The number of aromatic nitrogens is 3. The van der Waals surface area contributed by atoms with Crippen molar-refractivity contribution >= 4 is 40.9 Å². The number of aliphatic hydroxyl groups is 2. The van der Waals surface area contributed by atoms with Crippen LogP contribution >= 0.6 is 11.3 Å². The molecule has 72 heavy (non-hydrogen) atoms. The van der Waals surface area contributed by atoms with Gasteiger partial charge in [0.1, 0.15) is 24.1 Å². The molecule has 0 bridgehead atoms. The minimum Gasteiger partial charge on any atom is -0.391 e. The first-order valence-corrected chi connectivity index (χ1v) is 26.6. The van der Waals surface area contributed by atoms with Gasteiger partial charge in [-0.1, -0.05) is 88.6 Å². The smallest absolute Gasteiger partial charge is 0.270 e. The van der Waals surface area contributed by atoms with Crippen LogP contribution in [-0.4, -0.2) is 146 Å². The Hall–Kier alpha value is -5.66. The number of amides is 5. The number of benzene rings is 2. The maximum absolute atomic E-state index is 14.0. The fourth-order valence-corrected chi connectivity index (χ4v) is 10.7. The molecule has 388 valence electrons. The number of unbranched alkanes of at least 4 members (excludes halogenated alkanes) is 4. The number of hydrogen-bond donors (Lipinski definition) is 6. The molecular formula is C54H74N10O7S. The van der Waals surface area contributed by atoms with E-state index in [1.807, 2.05) is 63.5 Å². The van der Waals surface area contributed by atoms with Crippen molar-refractivity contribution in [1.82, 2.24) is 50.9 Å². The number of aliphatic hydroxyl groups excluding tert-OH is 2. The van der Waals surface area contributed by atoms with Crippen molar-refractivity contribution in [1.29, 1.82) is 0 Å². The lowest BCUT2D eigenvalue weighted by atomic mass is 9.85. The molecule has 0 aliphatic carbocycles. The predicted octanol–water partition coefficient (Wildman–Crippen LogP) is 4.19. The lowest BCUT2D eigenvalue weighted by molar-refractivity contribution is -0.144. The second kappa shape index (κ2) is 25.8. The highest BCUT2D eigenvalue weighted by atomic mass is 32.1. The van der Waals surface area contributed by atoms with Crippen molar-refractivity contribution in [3.63, 3.8) is 0 Å². The average Bonchev–Trinajstić information content (AvgIpc) is 3.97. The van der Waals surface area contributed by atoms with Gasteiger partial charge in [0.25, 0.3) is 5.91 Å². The molecule has 3 aliphatic heterocycles. The van der Waals surface area contributed by atoms with E-state index in [1.54, 1.807) is 17.4 Å². The Morgan fingerprint density at radius 1 is 0.847 bits per heavy atom. The number of β-amino-alcohol motifs (C(OH)–C–C–N with tert-alkyl or cyclic N) is 2. The molecule has 18 heteroatoms. The number of carbonyl (C=O) groups excluding carboxylic acids is 5. The van der Waals surface area contributed by atoms with Gasteiger partial charge in [-0.15, -0.1) is 11.3 Å². The first-order valence-electron chi connectivity index (χ1n) is 25.7. The van der Waals surface area contributed by atoms with E-state index in [0.29, 0.717) is 31.8 Å². The van der Waals surface area contributed by atoms with E-state index in [2.05, 4.69) is 64.2 Å². The highest BCUT2D eigenvalue weighted by molar-refractivity contribution is 7.13. The molecule has 4 aromatic rings. The molecule has 3 aliphatic rings. The number of aryl methyl sites for hydroxylation is 1. The summed E-state index contributed by atoms with van der Waals surface area (Å²) in [5.74, 6) is -0.869. The second-order valence-electron chi connectivity index (χ2n) is 20.9. The third kappa shape index (κ3) is 15.7. The van der Waals surface area contributed by atoms with Gasteiger partial charge < -0.3 is 41.3 Å². The van der Waals surface area contributed by atoms with E-state index < -0.39 is 29.7 Å². The van der Waals surface area contributed by atoms with Crippen molar-refractivity contribution in [2.24, 2.45) is 11.3 Å². The van der Waals surface area contributed by atoms with Crippen LogP contribution in [0.15, 0.2) is 66.4 Å². The van der Waals surface area contributed by atoms with E-state index in [-0.39, 0.29) is 67.7 Å². The lowest BCUT2D eigenvalue weighted by Gasteiger charge is -2.39. The summed E-state index contributed by atoms with van der Waals surface area (Å²) in [4.78, 5) is 86.0. The fourth-order valence-electron chi connectivity index (χ4n) is 9.85. The van der Waals surface area contributed by atoms with Crippen LogP contribution in [0.1, 0.15) is 111 Å². The van der Waals surface area contributed by atoms with Gasteiger partial charge in [0.15, 0.2) is 0 Å². The number of thiazole rings is 1. The van der Waals surface area contributed by atoms with E-state index >= 15 is 0 Å². The summed E-state index contributed by atoms with van der Waals surface area (Å²) < 4.78 is 0. The molecule has 2 aromatic heterocycles. The molecule has 2 saturated heterocycles. The van der Waals surface area contributed by atoms with E-state index in [1.165, 1.54) is 22.4 Å². The van der Waals surface area contributed by atoms with Crippen LogP contribution in [0.2, 0.25) is 0 Å². The largest absolute Gasteiger partial charge is 0.391 e. The maximum Gasteiger partial charge on any atom is 0.270 e. The van der Waals surface area contributed by atoms with Crippen LogP contribution in [0, 0.1) is 18.3 Å². The minimum absolute atomic E-state index is 0.0155. The molecule has 7 rings (SSSR count). The Morgan fingerprint density at radius 3 is 2.29 bits per heavy atom. The Morgan fingerprint density at radius 2 is 1.57 bits per heavy atom. The van der Waals surface area contributed by atoms with Gasteiger partial charge in [0.05, 0.1) is 28.3 Å². The Kier molecular flexibility index (Phi) is 19.4. The summed E-state index contributed by atoms with van der Waals surface area (Å²) in [5, 5.41) is 33.0. The SMILES string of the molecule is Cc1ncsc1-c1ccc(CNC(=O)[C@@H]2C[C@@H](O)CN2C(=O)[C@@H](NC(=O)CCCCCCCC(=O)NCCN2CC(Cc3cc(C(=O)NC[C@H](O)CN4CCc5ccccc5C4)ncn3)C2)C(C)(C)C)cc1. The monoisotopic (exact) mass is 1010 g/mol. The van der Waals surface area contributed by atoms with Crippen LogP contribution in [0.4, 0.5) is 0 Å². The fraction of sp³-hybridized carbons (Fsp3) is 0.556. The standard InChI is InChI=1S/C54H74N10O7S/c1-36-49(72-35-60-36)40-18-16-37(17-19-40)27-56-52(70)46-26-43(65)33-64(46)53(71)50(54(2,3)4)61-48(68)15-9-7-5-6-8-14-47(67)55-21-23-63-29-38(30-63)24-42-25-45(59-34-58-42)51(69)57-28-44(66)32-62-22-20-39-12-10-11-13-41(39)31-62/h10-13,16-19,25,34-35,38,43-44,46,50,65-66H,5-9,14-15,20-24,26-33H2,1-4H3,(H,55,67)(H,56,70)(H,57,69)(H,61,68)/t43-,44+,46+,50-/m1/s1. The van der Waals surface area contributed by atoms with Crippen LogP contribution in [0.25, 0.3) is 10.4 Å². The van der Waals surface area contributed by atoms with Gasteiger partial charge in [-0.3, -0.25) is 28.9 Å². The first kappa shape index (κ1) is 54.1. The van der Waals surface area contributed by atoms with Gasteiger partial charge in [0, 0.05) is 90.4 Å². The Labute approximate surface area is 428 Å². The normalized spacial score (nSPS) is 18.2. The molecule has 0 spiro atoms. The first-order chi connectivity index (χ1) is 34.6. The van der Waals surface area contributed by atoms with Crippen LogP contribution in [0.3, 0.4) is 0 Å². The zero-order valence-corrected chi connectivity index (χ0v) is 43.2. The molecule has 0 saturated carbocycles. The van der Waals surface area contributed by atoms with Gasteiger partial charge in [0.2, 0.25) is 23.6 Å². The number of nitrogens with one attached hydrogen (secondary N) is 4. The number of likely N-dealkylation sites (tertiary alicyclic amines) is 2. The molecular weight excluding hydrogens is 933 g/mol. The molecule has 5 heterocycles. The lowest BCUT2D eigenvalue weighted by Crippen LogP contribution is -2.57. The predicted molar refractivity (Wildman–Crippen MR) is 276 cm³/mol. The summed E-state index contributed by atoms with van der Waals surface area (Å²) in [7, 11) is 0. The molecule has 2 aromatic carbocycles. The number of fused-ring (bicyclic) bond motifs is 1. The molecule has 0 radical (unpaired) electrons. The average molecular weight is 1010 g/mol. The van der Waals surface area contributed by atoms with Crippen LogP contribution < -0.4 is 21.3 Å². The maximum atomic E-state index is 14.0. The molecule has 6 N–H and O–H groups in total. The molecule has 0 unspecified atom stereocenters. The van der Waals surface area contributed by atoms with Gasteiger partial charge in [-0.25, -0.2) is 15.0 Å².